The van der Waals surface area contributed by atoms with Gasteiger partial charge in [0, 0.05) is 19.8 Å². The molecule has 1 aliphatic carbocycles. The number of rotatable bonds is 11. The molecule has 0 bridgehead atoms. The van der Waals surface area contributed by atoms with E-state index in [1.807, 2.05) is 6.07 Å². The average molecular weight is 633 g/mol. The van der Waals surface area contributed by atoms with E-state index in [0.717, 1.165) is 36.8 Å². The van der Waals surface area contributed by atoms with Gasteiger partial charge in [0.05, 0.1) is 48.2 Å². The normalized spacial score (nSPS) is 15.9. The number of halogens is 3. The number of aromatic nitrogens is 3. The minimum Gasteiger partial charge on any atom is -0.339 e. The summed E-state index contributed by atoms with van der Waals surface area (Å²) in [6.45, 7) is 4.28. The molecule has 0 radical (unpaired) electrons. The van der Waals surface area contributed by atoms with Crippen LogP contribution in [0.25, 0.3) is 0 Å². The standard InChI is InChI=1S/C30H36F3N6O4P/c1-4-42-44(41,43-5-2)18-21-12-11-20(15-34-21)36-29-35-16-24(30(31,32)33)27(38-29)37-25-14-13-22(19-9-7-6-8-10-19)23-17-39(3)28(40)26(23)25/h11-16,19H,4-10,17-18H2,1-3H3,(H2,35,36,37,38). The van der Waals surface area contributed by atoms with E-state index in [0.29, 0.717) is 35.6 Å². The molecule has 2 aromatic heterocycles. The van der Waals surface area contributed by atoms with Gasteiger partial charge >= 0.3 is 13.8 Å². The Hall–Kier alpha value is -3.54. The second-order valence-corrected chi connectivity index (χ2v) is 13.0. The summed E-state index contributed by atoms with van der Waals surface area (Å²) >= 11 is 0. The lowest BCUT2D eigenvalue weighted by molar-refractivity contribution is -0.137. The van der Waals surface area contributed by atoms with Crippen LogP contribution in [0.4, 0.5) is 36.3 Å². The van der Waals surface area contributed by atoms with Gasteiger partial charge in [-0.15, -0.1) is 0 Å². The quantitative estimate of drug-likeness (QED) is 0.204. The molecular weight excluding hydrogens is 596 g/mol. The van der Waals surface area contributed by atoms with Crippen molar-refractivity contribution in [3.05, 3.63) is 64.6 Å². The van der Waals surface area contributed by atoms with Gasteiger partial charge in [-0.3, -0.25) is 14.3 Å². The van der Waals surface area contributed by atoms with E-state index >= 15 is 0 Å². The maximum absolute atomic E-state index is 14.1. The molecule has 14 heteroatoms. The first kappa shape index (κ1) is 31.9. The summed E-state index contributed by atoms with van der Waals surface area (Å²) in [5, 5.41) is 5.68. The number of pyridine rings is 1. The zero-order valence-electron chi connectivity index (χ0n) is 24.9. The van der Waals surface area contributed by atoms with E-state index in [9.17, 15) is 22.5 Å². The highest BCUT2D eigenvalue weighted by Crippen LogP contribution is 2.51. The molecule has 2 aliphatic rings. The third-order valence-corrected chi connectivity index (χ3v) is 9.80. The van der Waals surface area contributed by atoms with Gasteiger partial charge < -0.3 is 24.6 Å². The maximum Gasteiger partial charge on any atom is 0.421 e. The summed E-state index contributed by atoms with van der Waals surface area (Å²) in [7, 11) is -1.67. The van der Waals surface area contributed by atoms with Gasteiger partial charge in [0.25, 0.3) is 5.91 Å². The third-order valence-electron chi connectivity index (χ3n) is 7.79. The number of benzene rings is 1. The number of carbonyl (C=O) groups excluding carboxylic acids is 1. The summed E-state index contributed by atoms with van der Waals surface area (Å²) in [6.07, 6.45) is 2.84. The van der Waals surface area contributed by atoms with Crippen molar-refractivity contribution in [3.8, 4) is 0 Å². The van der Waals surface area contributed by atoms with E-state index in [1.54, 1.807) is 44.0 Å². The molecule has 0 unspecified atom stereocenters. The topological polar surface area (TPSA) is 119 Å². The number of hydrogen-bond acceptors (Lipinski definition) is 9. The molecule has 3 aromatic rings. The first-order chi connectivity index (χ1) is 21.0. The second-order valence-electron chi connectivity index (χ2n) is 10.9. The van der Waals surface area contributed by atoms with E-state index in [2.05, 4.69) is 25.6 Å². The molecule has 0 atom stereocenters. The Kier molecular flexibility index (Phi) is 9.57. The average Bonchev–Trinajstić information content (AvgIpc) is 3.28. The van der Waals surface area contributed by atoms with Crippen LogP contribution in [0.2, 0.25) is 0 Å². The summed E-state index contributed by atoms with van der Waals surface area (Å²) in [4.78, 5) is 27.1. The lowest BCUT2D eigenvalue weighted by Gasteiger charge is -2.25. The van der Waals surface area contributed by atoms with Crippen molar-refractivity contribution < 1.29 is 31.6 Å². The molecule has 5 rings (SSSR count). The van der Waals surface area contributed by atoms with Crippen LogP contribution >= 0.6 is 7.60 Å². The summed E-state index contributed by atoms with van der Waals surface area (Å²) in [6, 6.07) is 6.83. The van der Waals surface area contributed by atoms with Gasteiger partial charge in [-0.05, 0) is 61.9 Å². The predicted octanol–water partition coefficient (Wildman–Crippen LogP) is 7.78. The minimum absolute atomic E-state index is 0.0302. The predicted molar refractivity (Wildman–Crippen MR) is 160 cm³/mol. The Bertz CT molecular complexity index is 1540. The lowest BCUT2D eigenvalue weighted by Crippen LogP contribution is -2.18. The van der Waals surface area contributed by atoms with Crippen molar-refractivity contribution in [2.24, 2.45) is 0 Å². The summed E-state index contributed by atoms with van der Waals surface area (Å²) < 4.78 is 65.6. The second kappa shape index (κ2) is 13.2. The van der Waals surface area contributed by atoms with Crippen molar-refractivity contribution >= 4 is 36.6 Å². The minimum atomic E-state index is -4.74. The highest BCUT2D eigenvalue weighted by atomic mass is 31.2. The highest BCUT2D eigenvalue weighted by molar-refractivity contribution is 7.53. The van der Waals surface area contributed by atoms with Crippen LogP contribution in [0.5, 0.6) is 0 Å². The smallest absolute Gasteiger partial charge is 0.339 e. The largest absolute Gasteiger partial charge is 0.421 e. The maximum atomic E-state index is 14.1. The van der Waals surface area contributed by atoms with Crippen LogP contribution < -0.4 is 10.6 Å². The molecular formula is C30H36F3N6O4P. The van der Waals surface area contributed by atoms with Crippen molar-refractivity contribution in [2.45, 2.75) is 70.8 Å². The van der Waals surface area contributed by atoms with Crippen molar-refractivity contribution in [1.82, 2.24) is 19.9 Å². The number of nitrogens with zero attached hydrogens (tertiary/aromatic N) is 4. The monoisotopic (exact) mass is 632 g/mol. The molecule has 1 aliphatic heterocycles. The zero-order valence-corrected chi connectivity index (χ0v) is 25.8. The van der Waals surface area contributed by atoms with Crippen molar-refractivity contribution in [1.29, 1.82) is 0 Å². The Morgan fingerprint density at radius 2 is 1.73 bits per heavy atom. The summed E-state index contributed by atoms with van der Waals surface area (Å²) in [5.74, 6) is -0.505. The van der Waals surface area contributed by atoms with E-state index in [1.165, 1.54) is 12.6 Å². The van der Waals surface area contributed by atoms with Gasteiger partial charge in [-0.2, -0.15) is 18.2 Å². The van der Waals surface area contributed by atoms with Crippen LogP contribution in [0, 0.1) is 0 Å². The highest BCUT2D eigenvalue weighted by Gasteiger charge is 2.37. The Labute approximate surface area is 254 Å². The number of alkyl halides is 3. The van der Waals surface area contributed by atoms with Gasteiger partial charge in [-0.25, -0.2) is 4.98 Å². The van der Waals surface area contributed by atoms with Crippen LogP contribution in [0.1, 0.15) is 84.6 Å². The van der Waals surface area contributed by atoms with E-state index < -0.39 is 25.2 Å². The lowest BCUT2D eigenvalue weighted by atomic mass is 9.81. The number of fused-ring (bicyclic) bond motifs is 1. The molecule has 0 saturated heterocycles. The van der Waals surface area contributed by atoms with Gasteiger partial charge in [0.1, 0.15) is 11.4 Å². The SMILES string of the molecule is CCOP(=O)(Cc1ccc(Nc2ncc(C(F)(F)F)c(Nc3ccc(C4CCCCC4)c4c3C(=O)N(C)C4)n2)cn1)OCC. The van der Waals surface area contributed by atoms with Crippen LogP contribution in [0.3, 0.4) is 0 Å². The van der Waals surface area contributed by atoms with Crippen LogP contribution in [0.15, 0.2) is 36.7 Å². The number of nitrogens with one attached hydrogen (secondary N) is 2. The molecule has 1 saturated carbocycles. The van der Waals surface area contributed by atoms with Crippen molar-refractivity contribution in [2.75, 3.05) is 30.9 Å². The zero-order chi connectivity index (χ0) is 31.5. The summed E-state index contributed by atoms with van der Waals surface area (Å²) in [5.41, 5.74) is 2.39. The number of carbonyl (C=O) groups is 1. The first-order valence-corrected chi connectivity index (χ1v) is 16.5. The molecule has 3 heterocycles. The molecule has 2 N–H and O–H groups in total. The van der Waals surface area contributed by atoms with Gasteiger partial charge in [0.2, 0.25) is 5.95 Å². The Morgan fingerprint density at radius 3 is 2.36 bits per heavy atom. The fraction of sp³-hybridized carbons (Fsp3) is 0.467. The molecule has 10 nitrogen and oxygen atoms in total. The number of amides is 1. The van der Waals surface area contributed by atoms with Crippen molar-refractivity contribution in [3.63, 3.8) is 0 Å². The van der Waals surface area contributed by atoms with Crippen LogP contribution in [-0.2, 0) is 32.5 Å². The van der Waals surface area contributed by atoms with Crippen LogP contribution in [-0.4, -0.2) is 46.0 Å². The van der Waals surface area contributed by atoms with Gasteiger partial charge in [-0.1, -0.05) is 25.3 Å². The van der Waals surface area contributed by atoms with E-state index in [4.69, 9.17) is 9.05 Å². The van der Waals surface area contributed by atoms with E-state index in [-0.39, 0.29) is 36.9 Å². The Balaban J connectivity index is 1.42. The molecule has 1 aromatic carbocycles. The molecule has 0 spiro atoms. The Morgan fingerprint density at radius 1 is 1.00 bits per heavy atom. The first-order valence-electron chi connectivity index (χ1n) is 14.7. The molecule has 236 valence electrons. The number of hydrogen-bond donors (Lipinski definition) is 2. The molecule has 1 amide bonds. The third kappa shape index (κ3) is 7.06. The molecule has 44 heavy (non-hydrogen) atoms. The van der Waals surface area contributed by atoms with Gasteiger partial charge in [0.15, 0.2) is 0 Å². The fourth-order valence-electron chi connectivity index (χ4n) is 5.79. The fourth-order valence-corrected chi connectivity index (χ4v) is 7.42. The number of anilines is 4. The molecule has 1 fully saturated rings.